The van der Waals surface area contributed by atoms with Gasteiger partial charge in [-0.25, -0.2) is 0 Å². The van der Waals surface area contributed by atoms with Crippen LogP contribution in [-0.4, -0.2) is 16.3 Å². The van der Waals surface area contributed by atoms with E-state index >= 15 is 0 Å². The summed E-state index contributed by atoms with van der Waals surface area (Å²) >= 11 is 0. The third kappa shape index (κ3) is 2.77. The van der Waals surface area contributed by atoms with Gasteiger partial charge in [0.15, 0.2) is 0 Å². The molecule has 0 amide bonds. The molecule has 1 N–H and O–H groups in total. The molecule has 0 atom stereocenters. The Bertz CT molecular complexity index is 960. The van der Waals surface area contributed by atoms with Crippen molar-refractivity contribution in [3.8, 4) is 17.5 Å². The third-order valence-electron chi connectivity index (χ3n) is 3.80. The molecule has 3 nitrogen and oxygen atoms in total. The van der Waals surface area contributed by atoms with E-state index in [1.54, 1.807) is 4.57 Å². The Morgan fingerprint density at radius 3 is 2.57 bits per heavy atom. The molecule has 0 unspecified atom stereocenters. The van der Waals surface area contributed by atoms with Gasteiger partial charge < -0.3 is 5.11 Å². The van der Waals surface area contributed by atoms with Crippen LogP contribution in [0.15, 0.2) is 59.4 Å². The van der Waals surface area contributed by atoms with E-state index in [2.05, 4.69) is 11.8 Å². The van der Waals surface area contributed by atoms with Crippen molar-refractivity contribution in [2.45, 2.75) is 13.3 Å². The highest BCUT2D eigenvalue weighted by Gasteiger charge is 2.12. The second-order valence-corrected chi connectivity index (χ2v) is 5.20. The van der Waals surface area contributed by atoms with Gasteiger partial charge in [0.25, 0.3) is 5.56 Å². The number of aliphatic hydroxyl groups excluding tert-OH is 1. The lowest BCUT2D eigenvalue weighted by Gasteiger charge is -2.14. The van der Waals surface area contributed by atoms with Gasteiger partial charge in [0.05, 0.1) is 5.39 Å². The zero-order valence-corrected chi connectivity index (χ0v) is 12.9. The Morgan fingerprint density at radius 1 is 1.09 bits per heavy atom. The number of aliphatic hydroxyl groups is 1. The predicted octanol–water partition coefficient (Wildman–Crippen LogP) is 2.90. The molecular weight excluding hydrogens is 286 g/mol. The smallest absolute Gasteiger partial charge is 0.264 e. The minimum absolute atomic E-state index is 0.0756. The van der Waals surface area contributed by atoms with Crippen molar-refractivity contribution in [3.63, 3.8) is 0 Å². The van der Waals surface area contributed by atoms with Gasteiger partial charge in [0, 0.05) is 16.9 Å². The number of aromatic nitrogens is 1. The molecule has 3 heteroatoms. The summed E-state index contributed by atoms with van der Waals surface area (Å²) < 4.78 is 1.74. The lowest BCUT2D eigenvalue weighted by atomic mass is 10.0. The average molecular weight is 303 g/mol. The second kappa shape index (κ2) is 6.51. The molecule has 0 saturated carbocycles. The van der Waals surface area contributed by atoms with Gasteiger partial charge in [-0.1, -0.05) is 49.1 Å². The molecule has 114 valence electrons. The predicted molar refractivity (Wildman–Crippen MR) is 92.9 cm³/mol. The zero-order chi connectivity index (χ0) is 16.2. The summed E-state index contributed by atoms with van der Waals surface area (Å²) in [6.45, 7) is 1.81. The van der Waals surface area contributed by atoms with E-state index in [1.807, 2.05) is 61.5 Å². The molecule has 0 radical (unpaired) electrons. The molecule has 1 heterocycles. The Morgan fingerprint density at radius 2 is 1.87 bits per heavy atom. The average Bonchev–Trinajstić information content (AvgIpc) is 2.60. The van der Waals surface area contributed by atoms with Crippen LogP contribution in [0.2, 0.25) is 0 Å². The van der Waals surface area contributed by atoms with Gasteiger partial charge in [-0.3, -0.25) is 9.36 Å². The summed E-state index contributed by atoms with van der Waals surface area (Å²) in [5, 5.41) is 10.4. The van der Waals surface area contributed by atoms with Crippen LogP contribution in [0, 0.1) is 11.8 Å². The summed E-state index contributed by atoms with van der Waals surface area (Å²) in [7, 11) is 0. The van der Waals surface area contributed by atoms with E-state index in [0.29, 0.717) is 10.9 Å². The number of aryl methyl sites for hydroxylation is 1. The maximum atomic E-state index is 13.1. The van der Waals surface area contributed by atoms with Crippen LogP contribution in [0.1, 0.15) is 18.2 Å². The number of fused-ring (bicyclic) bond motifs is 1. The normalized spacial score (nSPS) is 10.3. The van der Waals surface area contributed by atoms with Crippen molar-refractivity contribution in [3.05, 3.63) is 76.2 Å². The molecule has 3 aromatic rings. The van der Waals surface area contributed by atoms with E-state index < -0.39 is 0 Å². The van der Waals surface area contributed by atoms with Crippen LogP contribution < -0.4 is 5.56 Å². The Hall–Kier alpha value is -2.83. The van der Waals surface area contributed by atoms with Crippen LogP contribution in [-0.2, 0) is 6.42 Å². The molecule has 0 spiro atoms. The van der Waals surface area contributed by atoms with Gasteiger partial charge in [0.2, 0.25) is 0 Å². The van der Waals surface area contributed by atoms with Gasteiger partial charge in [-0.05, 0) is 36.1 Å². The van der Waals surface area contributed by atoms with Crippen molar-refractivity contribution in [2.24, 2.45) is 0 Å². The fraction of sp³-hybridized carbons (Fsp3) is 0.150. The quantitative estimate of drug-likeness (QED) is 0.740. The van der Waals surface area contributed by atoms with E-state index in [0.717, 1.165) is 23.2 Å². The van der Waals surface area contributed by atoms with Crippen molar-refractivity contribution >= 4 is 10.8 Å². The second-order valence-electron chi connectivity index (χ2n) is 5.20. The molecule has 1 aromatic heterocycles. The van der Waals surface area contributed by atoms with E-state index in [1.165, 1.54) is 0 Å². The minimum atomic E-state index is -0.226. The van der Waals surface area contributed by atoms with E-state index in [9.17, 15) is 4.79 Å². The van der Waals surface area contributed by atoms with Crippen LogP contribution in [0.5, 0.6) is 0 Å². The number of nitrogens with zero attached hydrogens (tertiary/aromatic N) is 1. The first-order valence-electron chi connectivity index (χ1n) is 7.59. The van der Waals surface area contributed by atoms with Gasteiger partial charge in [-0.2, -0.15) is 0 Å². The van der Waals surface area contributed by atoms with Crippen molar-refractivity contribution in [1.29, 1.82) is 0 Å². The summed E-state index contributed by atoms with van der Waals surface area (Å²) in [5.41, 5.74) is 2.38. The van der Waals surface area contributed by atoms with Crippen LogP contribution >= 0.6 is 0 Å². The number of hydrogen-bond donors (Lipinski definition) is 1. The van der Waals surface area contributed by atoms with Crippen molar-refractivity contribution in [2.75, 3.05) is 6.61 Å². The Labute approximate surface area is 134 Å². The first-order valence-corrected chi connectivity index (χ1v) is 7.59. The molecule has 0 bridgehead atoms. The lowest BCUT2D eigenvalue weighted by molar-refractivity contribution is 0.350. The Kier molecular flexibility index (Phi) is 4.27. The van der Waals surface area contributed by atoms with Gasteiger partial charge >= 0.3 is 0 Å². The highest BCUT2D eigenvalue weighted by atomic mass is 16.2. The van der Waals surface area contributed by atoms with E-state index in [4.69, 9.17) is 5.11 Å². The molecule has 0 aliphatic heterocycles. The summed E-state index contributed by atoms with van der Waals surface area (Å²) in [5.74, 6) is 5.51. The standard InChI is InChI=1S/C20H17NO2/c1-2-17-14-16-9-6-8-15(10-7-13-22)19(16)20(23)21(17)18-11-4-3-5-12-18/h3-6,8-9,11-12,14,22H,2,13H2,1H3. The largest absolute Gasteiger partial charge is 0.384 e. The van der Waals surface area contributed by atoms with Gasteiger partial charge in [-0.15, -0.1) is 0 Å². The van der Waals surface area contributed by atoms with Crippen LogP contribution in [0.3, 0.4) is 0 Å². The number of pyridine rings is 1. The summed E-state index contributed by atoms with van der Waals surface area (Å²) in [6.07, 6.45) is 0.757. The van der Waals surface area contributed by atoms with Crippen molar-refractivity contribution in [1.82, 2.24) is 4.57 Å². The zero-order valence-electron chi connectivity index (χ0n) is 12.9. The van der Waals surface area contributed by atoms with Gasteiger partial charge in [0.1, 0.15) is 6.61 Å². The fourth-order valence-corrected chi connectivity index (χ4v) is 2.77. The summed E-state index contributed by atoms with van der Waals surface area (Å²) in [4.78, 5) is 13.1. The van der Waals surface area contributed by atoms with Crippen molar-refractivity contribution < 1.29 is 5.11 Å². The Balaban J connectivity index is 2.41. The van der Waals surface area contributed by atoms with Crippen LogP contribution in [0.4, 0.5) is 0 Å². The maximum absolute atomic E-state index is 13.1. The van der Waals surface area contributed by atoms with Crippen LogP contribution in [0.25, 0.3) is 16.5 Å². The highest BCUT2D eigenvalue weighted by molar-refractivity contribution is 5.88. The molecule has 0 aliphatic carbocycles. The number of hydrogen-bond acceptors (Lipinski definition) is 2. The monoisotopic (exact) mass is 303 g/mol. The SMILES string of the molecule is CCc1cc2cccc(C#CCO)c2c(=O)n1-c1ccccc1. The molecule has 3 rings (SSSR count). The number of benzene rings is 2. The number of rotatable bonds is 2. The number of para-hydroxylation sites is 1. The minimum Gasteiger partial charge on any atom is -0.384 e. The lowest BCUT2D eigenvalue weighted by Crippen LogP contribution is -2.22. The third-order valence-corrected chi connectivity index (χ3v) is 3.80. The molecular formula is C20H17NO2. The summed E-state index contributed by atoms with van der Waals surface area (Å²) in [6, 6.07) is 17.3. The first-order chi connectivity index (χ1) is 11.3. The molecule has 0 fully saturated rings. The van der Waals surface area contributed by atoms with E-state index in [-0.39, 0.29) is 12.2 Å². The highest BCUT2D eigenvalue weighted by Crippen LogP contribution is 2.19. The molecule has 2 aromatic carbocycles. The maximum Gasteiger partial charge on any atom is 0.264 e. The fourth-order valence-electron chi connectivity index (χ4n) is 2.77. The molecule has 0 aliphatic rings. The molecule has 0 saturated heterocycles. The molecule has 23 heavy (non-hydrogen) atoms. The topological polar surface area (TPSA) is 42.2 Å². The first kappa shape index (κ1) is 15.1.